The Bertz CT molecular complexity index is 949. The van der Waals surface area contributed by atoms with Gasteiger partial charge in [0.2, 0.25) is 15.9 Å². The average molecular weight is 411 g/mol. The van der Waals surface area contributed by atoms with E-state index in [0.717, 1.165) is 12.1 Å². The van der Waals surface area contributed by atoms with Crippen LogP contribution in [0, 0.1) is 11.7 Å². The molecule has 3 rings (SSSR count). The van der Waals surface area contributed by atoms with E-state index in [1.54, 1.807) is 11.4 Å². The van der Waals surface area contributed by atoms with E-state index in [4.69, 9.17) is 5.73 Å². The molecule has 1 saturated heterocycles. The minimum Gasteiger partial charge on any atom is -0.366 e. The van der Waals surface area contributed by atoms with Gasteiger partial charge in [0, 0.05) is 19.0 Å². The molecule has 1 aliphatic rings. The van der Waals surface area contributed by atoms with Gasteiger partial charge in [0.25, 0.3) is 5.91 Å². The molecule has 3 N–H and O–H groups in total. The van der Waals surface area contributed by atoms with Crippen molar-refractivity contribution in [3.8, 4) is 0 Å². The zero-order valence-electron chi connectivity index (χ0n) is 14.2. The molecule has 1 aromatic carbocycles. The van der Waals surface area contributed by atoms with Crippen molar-refractivity contribution in [1.29, 1.82) is 0 Å². The summed E-state index contributed by atoms with van der Waals surface area (Å²) in [5.74, 6) is -1.76. The first-order chi connectivity index (χ1) is 12.8. The maximum atomic E-state index is 13.0. The quantitative estimate of drug-likeness (QED) is 0.784. The molecule has 0 spiro atoms. The number of hydrogen-bond donors (Lipinski definition) is 2. The van der Waals surface area contributed by atoms with Crippen molar-refractivity contribution < 1.29 is 22.4 Å². The highest BCUT2D eigenvalue weighted by Crippen LogP contribution is 2.27. The van der Waals surface area contributed by atoms with Gasteiger partial charge in [-0.1, -0.05) is 0 Å². The first-order valence-corrected chi connectivity index (χ1v) is 10.5. The number of nitrogens with zero attached hydrogens (tertiary/aromatic N) is 1. The topological polar surface area (TPSA) is 110 Å². The Kier molecular flexibility index (Phi) is 5.59. The number of carbonyl (C=O) groups is 2. The second kappa shape index (κ2) is 7.75. The van der Waals surface area contributed by atoms with Crippen LogP contribution < -0.4 is 11.1 Å². The number of nitrogens with two attached hydrogens (primary N) is 1. The summed E-state index contributed by atoms with van der Waals surface area (Å²) in [6.45, 7) is 0.371. The number of carbonyl (C=O) groups excluding carboxylic acids is 2. The monoisotopic (exact) mass is 411 g/mol. The zero-order chi connectivity index (χ0) is 19.6. The fourth-order valence-corrected chi connectivity index (χ4v) is 5.19. The summed E-state index contributed by atoms with van der Waals surface area (Å²) in [5, 5.41) is 4.76. The molecule has 1 aromatic heterocycles. The van der Waals surface area contributed by atoms with Crippen molar-refractivity contribution >= 4 is 38.2 Å². The van der Waals surface area contributed by atoms with Crippen molar-refractivity contribution in [3.63, 3.8) is 0 Å². The highest BCUT2D eigenvalue weighted by molar-refractivity contribution is 7.89. The predicted molar refractivity (Wildman–Crippen MR) is 99.3 cm³/mol. The molecular weight excluding hydrogens is 393 g/mol. The highest BCUT2D eigenvalue weighted by Gasteiger charge is 2.32. The SMILES string of the molecule is NC(=O)c1ccsc1NC(=O)C1CCN(S(=O)(=O)c2ccc(F)cc2)CC1. The van der Waals surface area contributed by atoms with Crippen LogP contribution in [0.25, 0.3) is 0 Å². The Labute approximate surface area is 160 Å². The maximum Gasteiger partial charge on any atom is 0.251 e. The van der Waals surface area contributed by atoms with E-state index in [2.05, 4.69) is 5.32 Å². The molecule has 7 nitrogen and oxygen atoms in total. The van der Waals surface area contributed by atoms with Gasteiger partial charge in [-0.25, -0.2) is 12.8 Å². The molecule has 0 aliphatic carbocycles. The molecule has 0 bridgehead atoms. The van der Waals surface area contributed by atoms with E-state index >= 15 is 0 Å². The van der Waals surface area contributed by atoms with E-state index in [1.807, 2.05) is 0 Å². The number of primary amides is 1. The summed E-state index contributed by atoms with van der Waals surface area (Å²) in [6.07, 6.45) is 0.701. The predicted octanol–water partition coefficient (Wildman–Crippen LogP) is 2.03. The van der Waals surface area contributed by atoms with Gasteiger partial charge < -0.3 is 11.1 Å². The number of nitrogens with one attached hydrogen (secondary N) is 1. The Morgan fingerprint density at radius 1 is 1.15 bits per heavy atom. The molecule has 0 radical (unpaired) electrons. The van der Waals surface area contributed by atoms with Gasteiger partial charge in [0.05, 0.1) is 10.5 Å². The van der Waals surface area contributed by atoms with Gasteiger partial charge in [0.15, 0.2) is 0 Å². The lowest BCUT2D eigenvalue weighted by Gasteiger charge is -2.30. The van der Waals surface area contributed by atoms with E-state index in [1.165, 1.54) is 27.8 Å². The van der Waals surface area contributed by atoms with Gasteiger partial charge in [-0.2, -0.15) is 4.31 Å². The lowest BCUT2D eigenvalue weighted by atomic mass is 9.97. The number of benzene rings is 1. The van der Waals surface area contributed by atoms with E-state index in [-0.39, 0.29) is 35.4 Å². The number of halogens is 1. The number of hydrogen-bond acceptors (Lipinski definition) is 5. The number of rotatable bonds is 5. The van der Waals surface area contributed by atoms with Crippen LogP contribution in [-0.2, 0) is 14.8 Å². The Hall–Kier alpha value is -2.30. The first-order valence-electron chi connectivity index (χ1n) is 8.23. The average Bonchev–Trinajstić information content (AvgIpc) is 3.10. The summed E-state index contributed by atoms with van der Waals surface area (Å²) in [7, 11) is -3.72. The first kappa shape index (κ1) is 19.5. The largest absolute Gasteiger partial charge is 0.366 e. The summed E-state index contributed by atoms with van der Waals surface area (Å²) >= 11 is 1.20. The molecule has 144 valence electrons. The zero-order valence-corrected chi connectivity index (χ0v) is 15.9. The third-order valence-corrected chi connectivity index (χ3v) is 7.19. The fourth-order valence-electron chi connectivity index (χ4n) is 2.93. The van der Waals surface area contributed by atoms with Crippen LogP contribution in [-0.4, -0.2) is 37.6 Å². The van der Waals surface area contributed by atoms with E-state index in [0.29, 0.717) is 17.8 Å². The van der Waals surface area contributed by atoms with E-state index < -0.39 is 21.7 Å². The van der Waals surface area contributed by atoms with Crippen LogP contribution in [0.15, 0.2) is 40.6 Å². The third-order valence-electron chi connectivity index (χ3n) is 4.44. The summed E-state index contributed by atoms with van der Waals surface area (Å²) < 4.78 is 39.5. The number of sulfonamides is 1. The second-order valence-corrected chi connectivity index (χ2v) is 9.00. The smallest absolute Gasteiger partial charge is 0.251 e. The number of piperidine rings is 1. The molecule has 2 amide bonds. The lowest BCUT2D eigenvalue weighted by Crippen LogP contribution is -2.41. The Balaban J connectivity index is 1.63. The highest BCUT2D eigenvalue weighted by atomic mass is 32.2. The minimum absolute atomic E-state index is 0.0245. The maximum absolute atomic E-state index is 13.0. The minimum atomic E-state index is -3.72. The van der Waals surface area contributed by atoms with Crippen LogP contribution in [0.3, 0.4) is 0 Å². The van der Waals surface area contributed by atoms with Gasteiger partial charge in [-0.3, -0.25) is 9.59 Å². The molecule has 1 fully saturated rings. The molecule has 27 heavy (non-hydrogen) atoms. The molecule has 1 aliphatic heterocycles. The third kappa shape index (κ3) is 4.18. The van der Waals surface area contributed by atoms with Gasteiger partial charge >= 0.3 is 0 Å². The van der Waals surface area contributed by atoms with Crippen molar-refractivity contribution in [2.45, 2.75) is 17.7 Å². The van der Waals surface area contributed by atoms with Crippen LogP contribution in [0.1, 0.15) is 23.2 Å². The summed E-state index contributed by atoms with van der Waals surface area (Å²) in [6, 6.07) is 6.20. The molecule has 0 atom stereocenters. The van der Waals surface area contributed by atoms with Gasteiger partial charge in [-0.05, 0) is 48.6 Å². The molecule has 2 aromatic rings. The van der Waals surface area contributed by atoms with Crippen molar-refractivity contribution in [2.24, 2.45) is 11.7 Å². The molecule has 10 heteroatoms. The second-order valence-electron chi connectivity index (χ2n) is 6.15. The normalized spacial score (nSPS) is 16.2. The summed E-state index contributed by atoms with van der Waals surface area (Å²) in [5.41, 5.74) is 5.52. The van der Waals surface area contributed by atoms with Crippen LogP contribution in [0.4, 0.5) is 9.39 Å². The Morgan fingerprint density at radius 3 is 2.37 bits per heavy atom. The number of amides is 2. The lowest BCUT2D eigenvalue weighted by molar-refractivity contribution is -0.120. The number of anilines is 1. The van der Waals surface area contributed by atoms with Crippen LogP contribution >= 0.6 is 11.3 Å². The summed E-state index contributed by atoms with van der Waals surface area (Å²) in [4.78, 5) is 23.8. The van der Waals surface area contributed by atoms with Gasteiger partial charge in [0.1, 0.15) is 10.8 Å². The molecule has 0 unspecified atom stereocenters. The van der Waals surface area contributed by atoms with Gasteiger partial charge in [-0.15, -0.1) is 11.3 Å². The molecule has 2 heterocycles. The van der Waals surface area contributed by atoms with Crippen LogP contribution in [0.5, 0.6) is 0 Å². The van der Waals surface area contributed by atoms with E-state index in [9.17, 15) is 22.4 Å². The fraction of sp³-hybridized carbons (Fsp3) is 0.294. The van der Waals surface area contributed by atoms with Crippen LogP contribution in [0.2, 0.25) is 0 Å². The Morgan fingerprint density at radius 2 is 1.78 bits per heavy atom. The molecular formula is C17H18FN3O4S2. The van der Waals surface area contributed by atoms with Crippen molar-refractivity contribution in [2.75, 3.05) is 18.4 Å². The standard InChI is InChI=1S/C17H18FN3O4S2/c18-12-1-3-13(4-2-12)27(24,25)21-8-5-11(6-9-21)16(23)20-17-14(15(19)22)7-10-26-17/h1-4,7,10-11H,5-6,8-9H2,(H2,19,22)(H,20,23). The van der Waals surface area contributed by atoms with Crippen molar-refractivity contribution in [1.82, 2.24) is 4.31 Å². The number of thiophene rings is 1. The van der Waals surface area contributed by atoms with Crippen molar-refractivity contribution in [3.05, 3.63) is 47.1 Å². The molecule has 0 saturated carbocycles.